The molecule has 0 aliphatic heterocycles. The number of allylic oxidation sites excluding steroid dienone is 2. The molecule has 2 atom stereocenters. The highest BCUT2D eigenvalue weighted by Gasteiger charge is 2.44. The van der Waals surface area contributed by atoms with E-state index in [1.807, 2.05) is 6.26 Å². The zero-order valence-corrected chi connectivity index (χ0v) is 18.6. The SMILES string of the molecule is CSc1nnc(SCc2nc(C(F)(F)F)ccc2C(=O)C2=C(O)C3CCC(C3)C2=O)s1. The predicted octanol–water partition coefficient (Wildman–Crippen LogP) is 4.96. The van der Waals surface area contributed by atoms with Crippen molar-refractivity contribution in [1.82, 2.24) is 15.2 Å². The van der Waals surface area contributed by atoms with Gasteiger partial charge in [-0.15, -0.1) is 10.2 Å². The largest absolute Gasteiger partial charge is 0.511 e. The second kappa shape index (κ2) is 8.55. The van der Waals surface area contributed by atoms with Gasteiger partial charge < -0.3 is 5.11 Å². The van der Waals surface area contributed by atoms with Gasteiger partial charge >= 0.3 is 6.18 Å². The van der Waals surface area contributed by atoms with Crippen LogP contribution in [0.4, 0.5) is 13.2 Å². The number of fused-ring (bicyclic) bond motifs is 2. The number of hydrogen-bond acceptors (Lipinski definition) is 9. The first-order valence-electron chi connectivity index (χ1n) is 9.28. The number of carbonyl (C=O) groups excluding carboxylic acids is 2. The van der Waals surface area contributed by atoms with Gasteiger partial charge in [-0.3, -0.25) is 9.59 Å². The molecule has 2 bridgehead atoms. The molecule has 31 heavy (non-hydrogen) atoms. The van der Waals surface area contributed by atoms with Crippen LogP contribution in [0.1, 0.15) is 41.0 Å². The molecule has 6 nitrogen and oxygen atoms in total. The third-order valence-electron chi connectivity index (χ3n) is 5.32. The number of thioether (sulfide) groups is 2. The highest BCUT2D eigenvalue weighted by Crippen LogP contribution is 2.43. The summed E-state index contributed by atoms with van der Waals surface area (Å²) in [6.07, 6.45) is -1.15. The molecule has 2 unspecified atom stereocenters. The van der Waals surface area contributed by atoms with Gasteiger partial charge in [-0.2, -0.15) is 13.2 Å². The molecule has 2 aromatic rings. The van der Waals surface area contributed by atoms with Crippen LogP contribution in [0.5, 0.6) is 0 Å². The summed E-state index contributed by atoms with van der Waals surface area (Å²) in [4.78, 5) is 29.6. The van der Waals surface area contributed by atoms with Gasteiger partial charge in [0.25, 0.3) is 0 Å². The number of alkyl halides is 3. The summed E-state index contributed by atoms with van der Waals surface area (Å²) in [7, 11) is 0. The third-order valence-corrected chi connectivity index (χ3v) is 8.37. The van der Waals surface area contributed by atoms with E-state index in [1.54, 1.807) is 0 Å². The minimum Gasteiger partial charge on any atom is -0.511 e. The average Bonchev–Trinajstić information content (AvgIpc) is 3.38. The number of aliphatic hydroxyl groups excluding tert-OH is 1. The summed E-state index contributed by atoms with van der Waals surface area (Å²) in [5, 5.41) is 18.4. The Hall–Kier alpha value is -1.92. The molecular weight excluding hydrogens is 471 g/mol. The number of hydrogen-bond donors (Lipinski definition) is 1. The maximum absolute atomic E-state index is 13.2. The van der Waals surface area contributed by atoms with Crippen molar-refractivity contribution in [3.05, 3.63) is 40.4 Å². The molecule has 0 aromatic carbocycles. The van der Waals surface area contributed by atoms with Crippen molar-refractivity contribution in [2.75, 3.05) is 6.26 Å². The molecular formula is C19H16F3N3O3S3. The van der Waals surface area contributed by atoms with Crippen LogP contribution in [-0.4, -0.2) is 38.1 Å². The lowest BCUT2D eigenvalue weighted by atomic mass is 9.83. The molecule has 1 N–H and O–H groups in total. The van der Waals surface area contributed by atoms with Crippen molar-refractivity contribution >= 4 is 46.4 Å². The molecule has 1 saturated carbocycles. The molecule has 0 amide bonds. The quantitative estimate of drug-likeness (QED) is 0.347. The molecule has 2 aliphatic carbocycles. The van der Waals surface area contributed by atoms with Gasteiger partial charge in [0, 0.05) is 23.2 Å². The first kappa shape index (κ1) is 22.3. The summed E-state index contributed by atoms with van der Waals surface area (Å²) in [6, 6.07) is 1.75. The molecule has 2 aliphatic rings. The van der Waals surface area contributed by atoms with Crippen molar-refractivity contribution in [3.8, 4) is 0 Å². The van der Waals surface area contributed by atoms with Crippen LogP contribution in [0.2, 0.25) is 0 Å². The van der Waals surface area contributed by atoms with Crippen LogP contribution in [0.3, 0.4) is 0 Å². The second-order valence-corrected chi connectivity index (χ2v) is 10.4. The Labute approximate surface area is 187 Å². The summed E-state index contributed by atoms with van der Waals surface area (Å²) in [5.41, 5.74) is -1.68. The Morgan fingerprint density at radius 2 is 1.94 bits per heavy atom. The van der Waals surface area contributed by atoms with E-state index in [0.29, 0.717) is 27.9 Å². The molecule has 0 saturated heterocycles. The zero-order chi connectivity index (χ0) is 22.3. The number of aromatic nitrogens is 3. The lowest BCUT2D eigenvalue weighted by Crippen LogP contribution is -2.28. The molecule has 164 valence electrons. The zero-order valence-electron chi connectivity index (χ0n) is 16.1. The van der Waals surface area contributed by atoms with Crippen LogP contribution in [0.15, 0.2) is 32.1 Å². The van der Waals surface area contributed by atoms with E-state index in [2.05, 4.69) is 15.2 Å². The molecule has 0 spiro atoms. The smallest absolute Gasteiger partial charge is 0.433 e. The fraction of sp³-hybridized carbons (Fsp3) is 0.421. The standard InChI is InChI=1S/C19H16F3N3O3S3/c1-29-17-24-25-18(31-17)30-7-11-10(4-5-12(23-11)19(20,21)22)16(28)13-14(26)8-2-3-9(6-8)15(13)27/h4-5,8-9,26H,2-3,6-7H2,1H3. The van der Waals surface area contributed by atoms with Gasteiger partial charge in [0.2, 0.25) is 5.78 Å². The number of ketones is 2. The molecule has 12 heteroatoms. The van der Waals surface area contributed by atoms with Crippen LogP contribution in [0, 0.1) is 11.8 Å². The van der Waals surface area contributed by atoms with E-state index in [4.69, 9.17) is 0 Å². The average molecular weight is 488 g/mol. The summed E-state index contributed by atoms with van der Waals surface area (Å²) < 4.78 is 40.9. The summed E-state index contributed by atoms with van der Waals surface area (Å²) >= 11 is 3.78. The van der Waals surface area contributed by atoms with Crippen molar-refractivity contribution in [1.29, 1.82) is 0 Å². The highest BCUT2D eigenvalue weighted by atomic mass is 32.2. The third kappa shape index (κ3) is 4.37. The highest BCUT2D eigenvalue weighted by molar-refractivity contribution is 8.02. The van der Waals surface area contributed by atoms with Gasteiger partial charge in [0.15, 0.2) is 14.5 Å². The maximum atomic E-state index is 13.2. The molecule has 0 radical (unpaired) electrons. The summed E-state index contributed by atoms with van der Waals surface area (Å²) in [5.74, 6) is -2.12. The number of aliphatic hydroxyl groups is 1. The Kier molecular flexibility index (Phi) is 6.14. The van der Waals surface area contributed by atoms with Crippen molar-refractivity contribution in [2.45, 2.75) is 39.9 Å². The fourth-order valence-electron chi connectivity index (χ4n) is 3.81. The van der Waals surface area contributed by atoms with Crippen LogP contribution in [0.25, 0.3) is 0 Å². The van der Waals surface area contributed by atoms with Crippen LogP contribution < -0.4 is 0 Å². The van der Waals surface area contributed by atoms with E-state index < -0.39 is 23.4 Å². The molecule has 2 aromatic heterocycles. The van der Waals surface area contributed by atoms with Gasteiger partial charge in [0.05, 0.1) is 5.69 Å². The topological polar surface area (TPSA) is 93.0 Å². The minimum absolute atomic E-state index is 0.0664. The monoisotopic (exact) mass is 487 g/mol. The van der Waals surface area contributed by atoms with Crippen molar-refractivity contribution in [2.24, 2.45) is 11.8 Å². The number of nitrogens with zero attached hydrogens (tertiary/aromatic N) is 3. The number of pyridine rings is 1. The van der Waals surface area contributed by atoms with Gasteiger partial charge in [0.1, 0.15) is 17.0 Å². The molecule has 4 rings (SSSR count). The Morgan fingerprint density at radius 3 is 2.61 bits per heavy atom. The van der Waals surface area contributed by atoms with E-state index in [-0.39, 0.29) is 40.2 Å². The van der Waals surface area contributed by atoms with E-state index in [0.717, 1.165) is 23.9 Å². The number of Topliss-reactive ketones (excluding diaryl/α,β-unsaturated/α-hetero) is 2. The van der Waals surface area contributed by atoms with Gasteiger partial charge in [-0.1, -0.05) is 34.9 Å². The minimum atomic E-state index is -4.68. The van der Waals surface area contributed by atoms with E-state index in [9.17, 15) is 27.9 Å². The van der Waals surface area contributed by atoms with Crippen LogP contribution in [-0.2, 0) is 16.7 Å². The number of rotatable bonds is 6. The summed E-state index contributed by atoms with van der Waals surface area (Å²) in [6.45, 7) is 0. The normalized spacial score (nSPS) is 21.1. The Balaban J connectivity index is 1.70. The fourth-order valence-corrected chi connectivity index (χ4v) is 6.20. The lowest BCUT2D eigenvalue weighted by molar-refractivity contribution is -0.141. The first-order chi connectivity index (χ1) is 14.7. The van der Waals surface area contributed by atoms with E-state index in [1.165, 1.54) is 23.1 Å². The second-order valence-electron chi connectivity index (χ2n) is 7.18. The predicted molar refractivity (Wildman–Crippen MR) is 110 cm³/mol. The van der Waals surface area contributed by atoms with Crippen molar-refractivity contribution in [3.63, 3.8) is 0 Å². The molecule has 1 fully saturated rings. The number of carbonyl (C=O) groups is 2. The van der Waals surface area contributed by atoms with Gasteiger partial charge in [-0.25, -0.2) is 4.98 Å². The van der Waals surface area contributed by atoms with Crippen LogP contribution >= 0.6 is 34.9 Å². The Bertz CT molecular complexity index is 1080. The van der Waals surface area contributed by atoms with E-state index >= 15 is 0 Å². The van der Waals surface area contributed by atoms with Gasteiger partial charge in [-0.05, 0) is 37.7 Å². The lowest BCUT2D eigenvalue weighted by Gasteiger charge is -2.21. The van der Waals surface area contributed by atoms with Crippen molar-refractivity contribution < 1.29 is 27.9 Å². The Morgan fingerprint density at radius 1 is 1.23 bits per heavy atom. The maximum Gasteiger partial charge on any atom is 0.433 e. The first-order valence-corrected chi connectivity index (χ1v) is 12.3. The molecule has 2 heterocycles. The number of halogens is 3.